The molecule has 7 nitrogen and oxygen atoms in total. The lowest BCUT2D eigenvalue weighted by Gasteiger charge is -2.13. The smallest absolute Gasteiger partial charge is 0.337 e. The number of aromatic nitrogens is 2. The fourth-order valence-corrected chi connectivity index (χ4v) is 3.06. The highest BCUT2D eigenvalue weighted by atomic mass is 16.5. The molecule has 29 heavy (non-hydrogen) atoms. The third-order valence-electron chi connectivity index (χ3n) is 4.39. The summed E-state index contributed by atoms with van der Waals surface area (Å²) < 4.78 is 4.66. The Morgan fingerprint density at radius 1 is 0.931 bits per heavy atom. The Kier molecular flexibility index (Phi) is 5.87. The number of anilines is 3. The quantitative estimate of drug-likeness (QED) is 0.635. The maximum atomic E-state index is 12.6. The number of nitrogens with zero attached hydrogens (tertiary/aromatic N) is 2. The Labute approximate surface area is 169 Å². The Morgan fingerprint density at radius 3 is 2.21 bits per heavy atom. The number of carbonyl (C=O) groups is 2. The van der Waals surface area contributed by atoms with Crippen molar-refractivity contribution >= 4 is 29.1 Å². The van der Waals surface area contributed by atoms with E-state index in [-0.39, 0.29) is 11.6 Å². The number of rotatable bonds is 5. The first kappa shape index (κ1) is 20.0. The van der Waals surface area contributed by atoms with Crippen LogP contribution in [0.1, 0.15) is 37.5 Å². The standard InChI is InChI=1S/C22H22N4O3/c1-13-9-14(2)20(15(3)10-13)26-19-11-18(23-12-24-19)21(27)25-17-7-5-16(6-8-17)22(28)29-4/h5-12H,1-4H3,(H,25,27)(H,23,24,26). The largest absolute Gasteiger partial charge is 0.465 e. The van der Waals surface area contributed by atoms with Gasteiger partial charge in [0.05, 0.1) is 12.7 Å². The second-order valence-electron chi connectivity index (χ2n) is 6.71. The van der Waals surface area contributed by atoms with Crippen LogP contribution in [0.15, 0.2) is 48.8 Å². The van der Waals surface area contributed by atoms with Crippen LogP contribution in [-0.4, -0.2) is 29.0 Å². The van der Waals surface area contributed by atoms with Crippen molar-refractivity contribution in [3.63, 3.8) is 0 Å². The van der Waals surface area contributed by atoms with Crippen molar-refractivity contribution in [2.24, 2.45) is 0 Å². The summed E-state index contributed by atoms with van der Waals surface area (Å²) in [7, 11) is 1.32. The van der Waals surface area contributed by atoms with E-state index in [9.17, 15) is 9.59 Å². The number of ether oxygens (including phenoxy) is 1. The maximum Gasteiger partial charge on any atom is 0.337 e. The molecule has 1 aromatic heterocycles. The van der Waals surface area contributed by atoms with Gasteiger partial charge in [0.1, 0.15) is 17.8 Å². The molecule has 0 spiro atoms. The second kappa shape index (κ2) is 8.52. The van der Waals surface area contributed by atoms with Gasteiger partial charge in [0.2, 0.25) is 0 Å². The molecule has 0 bridgehead atoms. The number of methoxy groups -OCH3 is 1. The van der Waals surface area contributed by atoms with Gasteiger partial charge in [0, 0.05) is 17.4 Å². The molecule has 148 valence electrons. The molecular formula is C22H22N4O3. The first-order chi connectivity index (χ1) is 13.9. The minimum Gasteiger partial charge on any atom is -0.465 e. The number of hydrogen-bond donors (Lipinski definition) is 2. The highest BCUT2D eigenvalue weighted by Crippen LogP contribution is 2.25. The van der Waals surface area contributed by atoms with Crippen molar-refractivity contribution < 1.29 is 14.3 Å². The van der Waals surface area contributed by atoms with Crippen LogP contribution in [0.3, 0.4) is 0 Å². The molecule has 1 heterocycles. The van der Waals surface area contributed by atoms with E-state index in [1.54, 1.807) is 30.3 Å². The lowest BCUT2D eigenvalue weighted by atomic mass is 10.1. The van der Waals surface area contributed by atoms with Crippen LogP contribution >= 0.6 is 0 Å². The third kappa shape index (κ3) is 4.76. The SMILES string of the molecule is COC(=O)c1ccc(NC(=O)c2cc(Nc3c(C)cc(C)cc3C)ncn2)cc1. The lowest BCUT2D eigenvalue weighted by molar-refractivity contribution is 0.0600. The highest BCUT2D eigenvalue weighted by molar-refractivity contribution is 6.03. The Bertz CT molecular complexity index is 1040. The Balaban J connectivity index is 1.75. The minimum absolute atomic E-state index is 0.224. The summed E-state index contributed by atoms with van der Waals surface area (Å²) in [5.74, 6) is -0.282. The summed E-state index contributed by atoms with van der Waals surface area (Å²) in [6.45, 7) is 6.10. The van der Waals surface area contributed by atoms with Crippen LogP contribution in [0.5, 0.6) is 0 Å². The first-order valence-corrected chi connectivity index (χ1v) is 9.04. The average molecular weight is 390 g/mol. The molecule has 0 radical (unpaired) electrons. The van der Waals surface area contributed by atoms with Gasteiger partial charge < -0.3 is 15.4 Å². The van der Waals surface area contributed by atoms with Crippen LogP contribution in [-0.2, 0) is 4.74 Å². The molecule has 3 aromatic rings. The lowest BCUT2D eigenvalue weighted by Crippen LogP contribution is -2.14. The van der Waals surface area contributed by atoms with E-state index < -0.39 is 5.97 Å². The Morgan fingerprint density at radius 2 is 1.59 bits per heavy atom. The fraction of sp³-hybridized carbons (Fsp3) is 0.182. The van der Waals surface area contributed by atoms with Gasteiger partial charge in [-0.3, -0.25) is 4.79 Å². The number of aryl methyl sites for hydroxylation is 3. The predicted octanol–water partition coefficient (Wildman–Crippen LogP) is 4.18. The van der Waals surface area contributed by atoms with Gasteiger partial charge in [0.25, 0.3) is 5.91 Å². The number of benzene rings is 2. The second-order valence-corrected chi connectivity index (χ2v) is 6.71. The summed E-state index contributed by atoms with van der Waals surface area (Å²) in [5.41, 5.74) is 5.51. The monoisotopic (exact) mass is 390 g/mol. The van der Waals surface area contributed by atoms with Crippen LogP contribution in [0.25, 0.3) is 0 Å². The molecule has 0 unspecified atom stereocenters. The van der Waals surface area contributed by atoms with Crippen molar-refractivity contribution in [1.29, 1.82) is 0 Å². The van der Waals surface area contributed by atoms with Crippen molar-refractivity contribution in [3.8, 4) is 0 Å². The molecule has 1 amide bonds. The van der Waals surface area contributed by atoms with E-state index >= 15 is 0 Å². The molecule has 7 heteroatoms. The zero-order chi connectivity index (χ0) is 21.0. The normalized spacial score (nSPS) is 10.3. The maximum absolute atomic E-state index is 12.6. The molecule has 0 saturated heterocycles. The van der Waals surface area contributed by atoms with Crippen molar-refractivity contribution in [2.75, 3.05) is 17.7 Å². The molecule has 0 atom stereocenters. The van der Waals surface area contributed by atoms with Gasteiger partial charge in [-0.25, -0.2) is 14.8 Å². The summed E-state index contributed by atoms with van der Waals surface area (Å²) in [6.07, 6.45) is 1.34. The summed E-state index contributed by atoms with van der Waals surface area (Å²) in [4.78, 5) is 32.3. The molecule has 0 aliphatic rings. The molecule has 0 saturated carbocycles. The molecule has 2 N–H and O–H groups in total. The van der Waals surface area contributed by atoms with E-state index in [4.69, 9.17) is 0 Å². The molecule has 0 aliphatic heterocycles. The summed E-state index contributed by atoms with van der Waals surface area (Å²) >= 11 is 0. The molecule has 0 fully saturated rings. The van der Waals surface area contributed by atoms with Crippen molar-refractivity contribution in [3.05, 3.63) is 76.7 Å². The summed E-state index contributed by atoms with van der Waals surface area (Å²) in [6, 6.07) is 12.2. The van der Waals surface area contributed by atoms with Crippen LogP contribution in [0.4, 0.5) is 17.2 Å². The number of nitrogens with one attached hydrogen (secondary N) is 2. The third-order valence-corrected chi connectivity index (χ3v) is 4.39. The van der Waals surface area contributed by atoms with Gasteiger partial charge in [-0.2, -0.15) is 0 Å². The van der Waals surface area contributed by atoms with Gasteiger partial charge in [0.15, 0.2) is 0 Å². The zero-order valence-corrected chi connectivity index (χ0v) is 16.7. The van der Waals surface area contributed by atoms with Crippen molar-refractivity contribution in [1.82, 2.24) is 9.97 Å². The highest BCUT2D eigenvalue weighted by Gasteiger charge is 2.12. The zero-order valence-electron chi connectivity index (χ0n) is 16.7. The predicted molar refractivity (Wildman–Crippen MR) is 112 cm³/mol. The molecule has 2 aromatic carbocycles. The first-order valence-electron chi connectivity index (χ1n) is 9.04. The van der Waals surface area contributed by atoms with E-state index in [1.165, 1.54) is 19.0 Å². The summed E-state index contributed by atoms with van der Waals surface area (Å²) in [5, 5.41) is 6.03. The average Bonchev–Trinajstić information content (AvgIpc) is 2.71. The van der Waals surface area contributed by atoms with Crippen LogP contribution < -0.4 is 10.6 Å². The van der Waals surface area contributed by atoms with Gasteiger partial charge in [-0.1, -0.05) is 17.7 Å². The topological polar surface area (TPSA) is 93.2 Å². The van der Waals surface area contributed by atoms with Gasteiger partial charge in [-0.05, 0) is 56.2 Å². The Hall–Kier alpha value is -3.74. The van der Waals surface area contributed by atoms with Gasteiger partial charge in [-0.15, -0.1) is 0 Å². The molecule has 3 rings (SSSR count). The van der Waals surface area contributed by atoms with E-state index in [1.807, 2.05) is 13.8 Å². The van der Waals surface area contributed by atoms with Crippen molar-refractivity contribution in [2.45, 2.75) is 20.8 Å². The molecule has 0 aliphatic carbocycles. The van der Waals surface area contributed by atoms with Crippen LogP contribution in [0, 0.1) is 20.8 Å². The van der Waals surface area contributed by atoms with Crippen LogP contribution in [0.2, 0.25) is 0 Å². The number of esters is 1. The fourth-order valence-electron chi connectivity index (χ4n) is 3.06. The van der Waals surface area contributed by atoms with Gasteiger partial charge >= 0.3 is 5.97 Å². The minimum atomic E-state index is -0.434. The molecular weight excluding hydrogens is 368 g/mol. The number of amides is 1. The number of carbonyl (C=O) groups excluding carboxylic acids is 2. The van der Waals surface area contributed by atoms with E-state index in [0.717, 1.165) is 16.8 Å². The number of hydrogen-bond acceptors (Lipinski definition) is 6. The van der Waals surface area contributed by atoms with E-state index in [2.05, 4.69) is 44.4 Å². The van der Waals surface area contributed by atoms with E-state index in [0.29, 0.717) is 17.1 Å².